The summed E-state index contributed by atoms with van der Waals surface area (Å²) >= 11 is 9.32. The number of hydrogen-bond donors (Lipinski definition) is 1. The highest BCUT2D eigenvalue weighted by Gasteiger charge is 2.20. The van der Waals surface area contributed by atoms with Crippen molar-refractivity contribution in [2.24, 2.45) is 0 Å². The molecule has 0 atom stereocenters. The summed E-state index contributed by atoms with van der Waals surface area (Å²) in [5, 5.41) is 18.1. The Labute approximate surface area is 172 Å². The number of hydrogen-bond acceptors (Lipinski definition) is 4. The molecule has 1 N–H and O–H groups in total. The molecule has 1 heterocycles. The van der Waals surface area contributed by atoms with Gasteiger partial charge in [-0.25, -0.2) is 4.39 Å². The summed E-state index contributed by atoms with van der Waals surface area (Å²) < 4.78 is 15.9. The van der Waals surface area contributed by atoms with Crippen LogP contribution in [0.2, 0.25) is 5.02 Å². The number of nitrogens with zero attached hydrogens (tertiary/aromatic N) is 3. The number of carbonyl (C=O) groups is 1. The molecule has 3 rings (SSSR count). The quantitative estimate of drug-likeness (QED) is 0.424. The molecule has 0 fully saturated rings. The van der Waals surface area contributed by atoms with Crippen LogP contribution >= 0.6 is 27.5 Å². The largest absolute Gasteiger partial charge is 0.304 e. The first-order valence-corrected chi connectivity index (χ1v) is 9.16. The molecule has 0 saturated carbocycles. The molecule has 0 bridgehead atoms. The number of anilines is 1. The summed E-state index contributed by atoms with van der Waals surface area (Å²) in [7, 11) is 0. The van der Waals surface area contributed by atoms with E-state index in [1.165, 1.54) is 41.9 Å². The summed E-state index contributed by atoms with van der Waals surface area (Å²) in [5.41, 5.74) is 0.532. The molecule has 0 aliphatic carbocycles. The van der Waals surface area contributed by atoms with Crippen LogP contribution in [0.5, 0.6) is 0 Å². The lowest BCUT2D eigenvalue weighted by atomic mass is 10.1. The zero-order valence-corrected chi connectivity index (χ0v) is 16.8. The van der Waals surface area contributed by atoms with Crippen LogP contribution in [0.1, 0.15) is 21.5 Å². The van der Waals surface area contributed by atoms with Crippen molar-refractivity contribution in [1.29, 1.82) is 0 Å². The third-order valence-electron chi connectivity index (χ3n) is 4.08. The molecule has 2 aromatic carbocycles. The van der Waals surface area contributed by atoms with Crippen LogP contribution < -0.4 is 5.32 Å². The highest BCUT2D eigenvalue weighted by atomic mass is 79.9. The van der Waals surface area contributed by atoms with Gasteiger partial charge in [0.25, 0.3) is 11.6 Å². The number of rotatable bonds is 5. The Morgan fingerprint density at radius 1 is 1.36 bits per heavy atom. The van der Waals surface area contributed by atoms with Gasteiger partial charge in [0.2, 0.25) is 0 Å². The third-order valence-corrected chi connectivity index (χ3v) is 5.01. The maximum absolute atomic E-state index is 14.0. The Morgan fingerprint density at radius 3 is 2.75 bits per heavy atom. The first-order valence-electron chi connectivity index (χ1n) is 7.99. The van der Waals surface area contributed by atoms with Crippen molar-refractivity contribution in [3.8, 4) is 0 Å². The van der Waals surface area contributed by atoms with Crippen LogP contribution in [-0.2, 0) is 6.54 Å². The molecule has 3 aromatic rings. The van der Waals surface area contributed by atoms with Gasteiger partial charge in [-0.1, -0.05) is 23.7 Å². The maximum atomic E-state index is 14.0. The molecule has 0 spiro atoms. The van der Waals surface area contributed by atoms with E-state index < -0.39 is 16.6 Å². The summed E-state index contributed by atoms with van der Waals surface area (Å²) in [5.74, 6) is -0.809. The summed E-state index contributed by atoms with van der Waals surface area (Å²) in [6.07, 6.45) is 1.57. The SMILES string of the molecule is Cc1c(C(=O)Nc2nn(Cc3c(F)cccc3Cl)cc2Br)cccc1[N+](=O)[O-]. The molecule has 0 unspecified atom stereocenters. The lowest BCUT2D eigenvalue weighted by molar-refractivity contribution is -0.385. The summed E-state index contributed by atoms with van der Waals surface area (Å²) in [6, 6.07) is 8.64. The molecule has 0 aliphatic rings. The lowest BCUT2D eigenvalue weighted by Gasteiger charge is -2.07. The van der Waals surface area contributed by atoms with Gasteiger partial charge in [0.05, 0.1) is 15.9 Å². The van der Waals surface area contributed by atoms with E-state index in [2.05, 4.69) is 26.3 Å². The standard InChI is InChI=1S/C18H13BrClFN4O3/c1-10-11(4-2-7-16(10)25(27)28)18(26)22-17-13(19)9-24(23-17)8-12-14(20)5-3-6-15(12)21/h2-7,9H,8H2,1H3,(H,22,23,26). The molecule has 144 valence electrons. The van der Waals surface area contributed by atoms with E-state index in [-0.39, 0.29) is 39.8 Å². The van der Waals surface area contributed by atoms with E-state index >= 15 is 0 Å². The Bertz CT molecular complexity index is 1070. The Balaban J connectivity index is 1.84. The number of halogens is 3. The van der Waals surface area contributed by atoms with Crippen LogP contribution in [0.25, 0.3) is 0 Å². The van der Waals surface area contributed by atoms with Crippen molar-refractivity contribution in [2.75, 3.05) is 5.32 Å². The van der Waals surface area contributed by atoms with Gasteiger partial charge in [-0.15, -0.1) is 0 Å². The van der Waals surface area contributed by atoms with Gasteiger partial charge in [0, 0.05) is 34.0 Å². The molecule has 7 nitrogen and oxygen atoms in total. The van der Waals surface area contributed by atoms with Crippen LogP contribution in [0.15, 0.2) is 47.1 Å². The first kappa shape index (κ1) is 20.0. The predicted octanol–water partition coefficient (Wildman–Crippen LogP) is 4.96. The normalized spacial score (nSPS) is 10.7. The molecule has 10 heteroatoms. The Kier molecular flexibility index (Phi) is 5.76. The smallest absolute Gasteiger partial charge is 0.273 e. The first-order chi connectivity index (χ1) is 13.3. The van der Waals surface area contributed by atoms with Gasteiger partial charge in [-0.2, -0.15) is 5.10 Å². The Morgan fingerprint density at radius 2 is 2.07 bits per heavy atom. The van der Waals surface area contributed by atoms with Gasteiger partial charge in [0.15, 0.2) is 5.82 Å². The van der Waals surface area contributed by atoms with Crippen molar-refractivity contribution in [3.05, 3.63) is 84.7 Å². The minimum absolute atomic E-state index is 0.0653. The monoisotopic (exact) mass is 466 g/mol. The molecule has 1 amide bonds. The van der Waals surface area contributed by atoms with E-state index in [1.807, 2.05) is 0 Å². The second kappa shape index (κ2) is 8.07. The van der Waals surface area contributed by atoms with Gasteiger partial charge < -0.3 is 5.32 Å². The van der Waals surface area contributed by atoms with Crippen molar-refractivity contribution < 1.29 is 14.1 Å². The molecule has 28 heavy (non-hydrogen) atoms. The average Bonchev–Trinajstić information content (AvgIpc) is 2.97. The summed E-state index contributed by atoms with van der Waals surface area (Å²) in [4.78, 5) is 23.1. The van der Waals surface area contributed by atoms with Crippen LogP contribution in [0, 0.1) is 22.9 Å². The van der Waals surface area contributed by atoms with E-state index in [9.17, 15) is 19.3 Å². The fraction of sp³-hybridized carbons (Fsp3) is 0.111. The molecule has 1 aromatic heterocycles. The fourth-order valence-electron chi connectivity index (χ4n) is 2.65. The Hall–Kier alpha value is -2.78. The second-order valence-electron chi connectivity index (χ2n) is 5.88. The fourth-order valence-corrected chi connectivity index (χ4v) is 3.29. The number of aromatic nitrogens is 2. The van der Waals surface area contributed by atoms with Crippen molar-refractivity contribution in [3.63, 3.8) is 0 Å². The molecule has 0 radical (unpaired) electrons. The van der Waals surface area contributed by atoms with Gasteiger partial charge >= 0.3 is 0 Å². The number of nitro benzene ring substituents is 1. The predicted molar refractivity (Wildman–Crippen MR) is 106 cm³/mol. The van der Waals surface area contributed by atoms with E-state index in [4.69, 9.17) is 11.6 Å². The second-order valence-corrected chi connectivity index (χ2v) is 7.15. The molecular weight excluding hydrogens is 455 g/mol. The van der Waals surface area contributed by atoms with Crippen LogP contribution in [0.4, 0.5) is 15.9 Å². The zero-order valence-electron chi connectivity index (χ0n) is 14.4. The number of benzene rings is 2. The minimum atomic E-state index is -0.547. The number of nitro groups is 1. The van der Waals surface area contributed by atoms with Crippen LogP contribution in [0.3, 0.4) is 0 Å². The van der Waals surface area contributed by atoms with Crippen molar-refractivity contribution in [2.45, 2.75) is 13.5 Å². The zero-order chi connectivity index (χ0) is 20.4. The van der Waals surface area contributed by atoms with E-state index in [0.717, 1.165) is 0 Å². The van der Waals surface area contributed by atoms with E-state index in [1.54, 1.807) is 12.3 Å². The van der Waals surface area contributed by atoms with Gasteiger partial charge in [-0.3, -0.25) is 19.6 Å². The highest BCUT2D eigenvalue weighted by Crippen LogP contribution is 2.26. The van der Waals surface area contributed by atoms with Crippen molar-refractivity contribution >= 4 is 44.9 Å². The maximum Gasteiger partial charge on any atom is 0.273 e. The number of carbonyl (C=O) groups excluding carboxylic acids is 1. The van der Waals surface area contributed by atoms with E-state index in [0.29, 0.717) is 4.47 Å². The lowest BCUT2D eigenvalue weighted by Crippen LogP contribution is -2.15. The van der Waals surface area contributed by atoms with Gasteiger partial charge in [-0.05, 0) is 41.1 Å². The number of amides is 1. The number of nitrogens with one attached hydrogen (secondary N) is 1. The topological polar surface area (TPSA) is 90.1 Å². The molecule has 0 saturated heterocycles. The molecule has 0 aliphatic heterocycles. The highest BCUT2D eigenvalue weighted by molar-refractivity contribution is 9.10. The van der Waals surface area contributed by atoms with Crippen molar-refractivity contribution in [1.82, 2.24) is 9.78 Å². The third kappa shape index (κ3) is 4.05. The van der Waals surface area contributed by atoms with Gasteiger partial charge in [0.1, 0.15) is 5.82 Å². The average molecular weight is 468 g/mol. The summed E-state index contributed by atoms with van der Waals surface area (Å²) in [6.45, 7) is 1.57. The molecular formula is C18H13BrClFN4O3. The van der Waals surface area contributed by atoms with Crippen LogP contribution in [-0.4, -0.2) is 20.6 Å². The minimum Gasteiger partial charge on any atom is -0.304 e.